The van der Waals surface area contributed by atoms with Crippen LogP contribution in [0, 0.1) is 6.92 Å². The highest BCUT2D eigenvalue weighted by Crippen LogP contribution is 2.34. The van der Waals surface area contributed by atoms with Gasteiger partial charge in [0, 0.05) is 6.54 Å². The summed E-state index contributed by atoms with van der Waals surface area (Å²) in [6, 6.07) is 4.00. The molecular formula is C11H11BrN2OS2. The second-order valence-electron chi connectivity index (χ2n) is 3.40. The Morgan fingerprint density at radius 3 is 2.82 bits per heavy atom. The van der Waals surface area contributed by atoms with Crippen LogP contribution in [0.15, 0.2) is 15.9 Å². The smallest absolute Gasteiger partial charge is 0.263 e. The summed E-state index contributed by atoms with van der Waals surface area (Å²) < 4.78 is 1.07. The van der Waals surface area contributed by atoms with Crippen molar-refractivity contribution in [3.8, 4) is 9.88 Å². The van der Waals surface area contributed by atoms with E-state index in [0.717, 1.165) is 19.4 Å². The molecule has 0 bridgehead atoms. The quantitative estimate of drug-likeness (QED) is 0.932. The monoisotopic (exact) mass is 330 g/mol. The number of thiazole rings is 1. The Morgan fingerprint density at radius 1 is 1.47 bits per heavy atom. The van der Waals surface area contributed by atoms with Crippen molar-refractivity contribution in [2.75, 3.05) is 6.54 Å². The van der Waals surface area contributed by atoms with E-state index in [0.29, 0.717) is 11.4 Å². The van der Waals surface area contributed by atoms with E-state index in [1.165, 1.54) is 11.3 Å². The van der Waals surface area contributed by atoms with Crippen molar-refractivity contribution in [3.63, 3.8) is 0 Å². The third kappa shape index (κ3) is 2.75. The fourth-order valence-corrected chi connectivity index (χ4v) is 3.81. The number of nitrogens with zero attached hydrogens (tertiary/aromatic N) is 1. The number of aromatic nitrogens is 1. The van der Waals surface area contributed by atoms with Gasteiger partial charge in [-0.1, -0.05) is 0 Å². The van der Waals surface area contributed by atoms with Gasteiger partial charge in [0.2, 0.25) is 0 Å². The van der Waals surface area contributed by atoms with Gasteiger partial charge in [-0.15, -0.1) is 22.7 Å². The minimum absolute atomic E-state index is 0.0376. The summed E-state index contributed by atoms with van der Waals surface area (Å²) in [6.07, 6.45) is 0. The van der Waals surface area contributed by atoms with Gasteiger partial charge >= 0.3 is 0 Å². The van der Waals surface area contributed by atoms with E-state index in [1.807, 2.05) is 26.0 Å². The second-order valence-corrected chi connectivity index (χ2v) is 6.86. The Kier molecular flexibility index (Phi) is 3.96. The van der Waals surface area contributed by atoms with Crippen LogP contribution >= 0.6 is 38.6 Å². The number of hydrogen-bond acceptors (Lipinski definition) is 4. The number of amides is 1. The van der Waals surface area contributed by atoms with Crippen molar-refractivity contribution in [1.82, 2.24) is 10.3 Å². The number of hydrogen-bond donors (Lipinski definition) is 1. The first-order valence-electron chi connectivity index (χ1n) is 5.13. The van der Waals surface area contributed by atoms with E-state index in [4.69, 9.17) is 0 Å². The van der Waals surface area contributed by atoms with Gasteiger partial charge in [-0.25, -0.2) is 4.98 Å². The number of carbonyl (C=O) groups excluding carboxylic acids is 1. The maximum absolute atomic E-state index is 11.8. The lowest BCUT2D eigenvalue weighted by Gasteiger charge is -1.97. The molecule has 6 heteroatoms. The SMILES string of the molecule is CCNC(=O)c1sc(-c2ccc(Br)s2)nc1C. The average Bonchev–Trinajstić information content (AvgIpc) is 2.85. The number of nitrogens with one attached hydrogen (secondary N) is 1. The van der Waals surface area contributed by atoms with Crippen molar-refractivity contribution in [2.45, 2.75) is 13.8 Å². The Hall–Kier alpha value is -0.720. The molecule has 3 nitrogen and oxygen atoms in total. The lowest BCUT2D eigenvalue weighted by Crippen LogP contribution is -2.22. The molecule has 0 aliphatic heterocycles. The van der Waals surface area contributed by atoms with E-state index in [-0.39, 0.29) is 5.91 Å². The molecule has 17 heavy (non-hydrogen) atoms. The third-order valence-corrected chi connectivity index (χ3v) is 5.07. The highest BCUT2D eigenvalue weighted by Gasteiger charge is 2.16. The van der Waals surface area contributed by atoms with E-state index in [9.17, 15) is 4.79 Å². The minimum Gasteiger partial charge on any atom is -0.352 e. The normalized spacial score (nSPS) is 10.5. The van der Waals surface area contributed by atoms with Gasteiger partial charge in [-0.05, 0) is 41.9 Å². The second kappa shape index (κ2) is 5.29. The lowest BCUT2D eigenvalue weighted by molar-refractivity contribution is 0.0959. The molecule has 0 aromatic carbocycles. The van der Waals surface area contributed by atoms with Gasteiger partial charge in [0.05, 0.1) is 14.4 Å². The van der Waals surface area contributed by atoms with Crippen molar-refractivity contribution in [2.24, 2.45) is 0 Å². The van der Waals surface area contributed by atoms with Crippen molar-refractivity contribution >= 4 is 44.5 Å². The van der Waals surface area contributed by atoms with Crippen LogP contribution in [0.3, 0.4) is 0 Å². The van der Waals surface area contributed by atoms with Gasteiger partial charge in [0.25, 0.3) is 5.91 Å². The first-order chi connectivity index (χ1) is 8.11. The highest BCUT2D eigenvalue weighted by atomic mass is 79.9. The summed E-state index contributed by atoms with van der Waals surface area (Å²) in [5.74, 6) is -0.0376. The number of halogens is 1. The molecule has 90 valence electrons. The summed E-state index contributed by atoms with van der Waals surface area (Å²) in [7, 11) is 0. The van der Waals surface area contributed by atoms with Crippen LogP contribution in [-0.2, 0) is 0 Å². The highest BCUT2D eigenvalue weighted by molar-refractivity contribution is 9.11. The molecule has 0 unspecified atom stereocenters. The van der Waals surface area contributed by atoms with Gasteiger partial charge < -0.3 is 5.32 Å². The predicted octanol–water partition coefficient (Wildman–Crippen LogP) is 3.69. The number of rotatable bonds is 3. The summed E-state index contributed by atoms with van der Waals surface area (Å²) in [5, 5.41) is 3.70. The van der Waals surface area contributed by atoms with Crippen LogP contribution in [-0.4, -0.2) is 17.4 Å². The molecule has 2 aromatic heterocycles. The molecule has 1 amide bonds. The standard InChI is InChI=1S/C11H11BrN2OS2/c1-3-13-10(15)9-6(2)14-11(17-9)7-4-5-8(12)16-7/h4-5H,3H2,1-2H3,(H,13,15). The van der Waals surface area contributed by atoms with Gasteiger partial charge in [0.15, 0.2) is 0 Å². The summed E-state index contributed by atoms with van der Waals surface area (Å²) in [5.41, 5.74) is 0.792. The summed E-state index contributed by atoms with van der Waals surface area (Å²) in [6.45, 7) is 4.41. The Morgan fingerprint density at radius 2 is 2.24 bits per heavy atom. The van der Waals surface area contributed by atoms with Crippen molar-refractivity contribution in [1.29, 1.82) is 0 Å². The maximum atomic E-state index is 11.8. The first-order valence-corrected chi connectivity index (χ1v) is 7.55. The molecule has 0 fully saturated rings. The average molecular weight is 331 g/mol. The Bertz CT molecular complexity index is 547. The van der Waals surface area contributed by atoms with E-state index in [1.54, 1.807) is 11.3 Å². The summed E-state index contributed by atoms with van der Waals surface area (Å²) in [4.78, 5) is 18.0. The fraction of sp³-hybridized carbons (Fsp3) is 0.273. The minimum atomic E-state index is -0.0376. The van der Waals surface area contributed by atoms with E-state index >= 15 is 0 Å². The topological polar surface area (TPSA) is 42.0 Å². The lowest BCUT2D eigenvalue weighted by atomic mass is 10.4. The molecule has 0 atom stereocenters. The Balaban J connectivity index is 2.33. The van der Waals surface area contributed by atoms with Crippen molar-refractivity contribution in [3.05, 3.63) is 26.5 Å². The number of thiophene rings is 1. The van der Waals surface area contributed by atoms with Crippen LogP contribution in [0.2, 0.25) is 0 Å². The molecule has 2 aromatic rings. The molecule has 0 saturated heterocycles. The zero-order chi connectivity index (χ0) is 12.4. The molecule has 0 aliphatic rings. The van der Waals surface area contributed by atoms with Crippen LogP contribution in [0.5, 0.6) is 0 Å². The van der Waals surface area contributed by atoms with Crippen LogP contribution in [0.4, 0.5) is 0 Å². The zero-order valence-corrected chi connectivity index (χ0v) is 12.6. The van der Waals surface area contributed by atoms with Gasteiger partial charge in [0.1, 0.15) is 9.88 Å². The van der Waals surface area contributed by atoms with E-state index in [2.05, 4.69) is 26.2 Å². The Labute approximate surface area is 116 Å². The number of carbonyl (C=O) groups is 1. The molecule has 0 radical (unpaired) electrons. The molecule has 0 saturated carbocycles. The molecular weight excluding hydrogens is 320 g/mol. The molecule has 1 N–H and O–H groups in total. The number of aryl methyl sites for hydroxylation is 1. The zero-order valence-electron chi connectivity index (χ0n) is 9.41. The van der Waals surface area contributed by atoms with Crippen LogP contribution in [0.25, 0.3) is 9.88 Å². The van der Waals surface area contributed by atoms with E-state index < -0.39 is 0 Å². The molecule has 0 aliphatic carbocycles. The van der Waals surface area contributed by atoms with Gasteiger partial charge in [-0.3, -0.25) is 4.79 Å². The fourth-order valence-electron chi connectivity index (χ4n) is 1.38. The summed E-state index contributed by atoms with van der Waals surface area (Å²) >= 11 is 6.49. The third-order valence-electron chi connectivity index (χ3n) is 2.12. The first kappa shape index (κ1) is 12.7. The van der Waals surface area contributed by atoms with Crippen molar-refractivity contribution < 1.29 is 4.79 Å². The molecule has 2 rings (SSSR count). The van der Waals surface area contributed by atoms with Gasteiger partial charge in [-0.2, -0.15) is 0 Å². The van der Waals surface area contributed by atoms with Crippen LogP contribution in [0.1, 0.15) is 22.3 Å². The maximum Gasteiger partial charge on any atom is 0.263 e. The largest absolute Gasteiger partial charge is 0.352 e. The molecule has 2 heterocycles. The van der Waals surface area contributed by atoms with Crippen LogP contribution < -0.4 is 5.32 Å². The predicted molar refractivity (Wildman–Crippen MR) is 75.9 cm³/mol. The molecule has 0 spiro atoms.